The Balaban J connectivity index is 1.68. The van der Waals surface area contributed by atoms with E-state index < -0.39 is 22.8 Å². The zero-order valence-electron chi connectivity index (χ0n) is 15.8. The monoisotopic (exact) mass is 471 g/mol. The van der Waals surface area contributed by atoms with E-state index in [-0.39, 0.29) is 33.2 Å². The second-order valence-electron chi connectivity index (χ2n) is 6.27. The number of halogens is 2. The molecule has 2 heterocycles. The molecule has 0 aliphatic heterocycles. The predicted molar refractivity (Wildman–Crippen MR) is 114 cm³/mol. The van der Waals surface area contributed by atoms with Crippen molar-refractivity contribution in [3.05, 3.63) is 97.0 Å². The van der Waals surface area contributed by atoms with Crippen LogP contribution in [0.2, 0.25) is 10.0 Å². The van der Waals surface area contributed by atoms with Crippen LogP contribution in [0.5, 0.6) is 17.5 Å². The number of ether oxygens (including phenoxy) is 1. The van der Waals surface area contributed by atoms with Crippen molar-refractivity contribution < 1.29 is 14.6 Å². The normalized spacial score (nSPS) is 10.7. The van der Waals surface area contributed by atoms with Crippen molar-refractivity contribution >= 4 is 29.0 Å². The van der Waals surface area contributed by atoms with E-state index in [1.165, 1.54) is 12.1 Å². The summed E-state index contributed by atoms with van der Waals surface area (Å²) < 4.78 is 6.43. The van der Waals surface area contributed by atoms with Gasteiger partial charge in [-0.15, -0.1) is 0 Å². The van der Waals surface area contributed by atoms with Crippen LogP contribution in [-0.4, -0.2) is 35.6 Å². The Kier molecular flexibility index (Phi) is 5.71. The number of carbonyl (C=O) groups is 1. The Morgan fingerprint density at radius 1 is 1.06 bits per heavy atom. The van der Waals surface area contributed by atoms with E-state index in [1.54, 1.807) is 30.3 Å². The number of nitrogens with zero attached hydrogens (tertiary/aromatic N) is 4. The van der Waals surface area contributed by atoms with E-state index in [0.29, 0.717) is 5.56 Å². The summed E-state index contributed by atoms with van der Waals surface area (Å²) in [7, 11) is 0. The number of aromatic nitrogens is 5. The smallest absolute Gasteiger partial charge is 0.349 e. The Morgan fingerprint density at radius 3 is 2.41 bits per heavy atom. The van der Waals surface area contributed by atoms with Crippen molar-refractivity contribution in [1.29, 1.82) is 0 Å². The van der Waals surface area contributed by atoms with Gasteiger partial charge in [0.2, 0.25) is 5.78 Å². The average Bonchev–Trinajstić information content (AvgIpc) is 2.77. The van der Waals surface area contributed by atoms with E-state index in [2.05, 4.69) is 20.1 Å². The molecule has 0 bridgehead atoms. The molecule has 2 aromatic carbocycles. The third-order valence-corrected chi connectivity index (χ3v) is 4.69. The van der Waals surface area contributed by atoms with Crippen LogP contribution in [0, 0.1) is 0 Å². The molecule has 160 valence electrons. The molecule has 12 heteroatoms. The largest absolute Gasteiger partial charge is 0.504 e. The summed E-state index contributed by atoms with van der Waals surface area (Å²) in [4.78, 5) is 45.6. The minimum atomic E-state index is -0.788. The molecule has 2 aromatic heterocycles. The molecule has 0 radical (unpaired) electrons. The van der Waals surface area contributed by atoms with Crippen LogP contribution >= 0.6 is 23.2 Å². The van der Waals surface area contributed by atoms with Gasteiger partial charge >= 0.3 is 11.7 Å². The third kappa shape index (κ3) is 4.22. The van der Waals surface area contributed by atoms with E-state index >= 15 is 0 Å². The summed E-state index contributed by atoms with van der Waals surface area (Å²) >= 11 is 12.5. The first-order valence-electron chi connectivity index (χ1n) is 8.85. The Bertz CT molecular complexity index is 1430. The van der Waals surface area contributed by atoms with Crippen LogP contribution in [0.1, 0.15) is 16.1 Å². The van der Waals surface area contributed by atoms with Crippen LogP contribution in [0.3, 0.4) is 0 Å². The van der Waals surface area contributed by atoms with Crippen molar-refractivity contribution in [3.8, 4) is 23.2 Å². The number of nitrogens with one attached hydrogen (secondary N) is 1. The predicted octanol–water partition coefficient (Wildman–Crippen LogP) is 2.75. The zero-order chi connectivity index (χ0) is 22.8. The van der Waals surface area contributed by atoms with Gasteiger partial charge in [0, 0.05) is 5.56 Å². The number of H-pyrrole nitrogens is 1. The first-order chi connectivity index (χ1) is 15.3. The summed E-state index contributed by atoms with van der Waals surface area (Å²) in [5.41, 5.74) is -1.24. The first kappa shape index (κ1) is 21.2. The minimum Gasteiger partial charge on any atom is -0.504 e. The fourth-order valence-electron chi connectivity index (χ4n) is 2.70. The van der Waals surface area contributed by atoms with Crippen molar-refractivity contribution in [3.63, 3.8) is 0 Å². The first-order valence-corrected chi connectivity index (χ1v) is 9.61. The molecule has 2 N–H and O–H groups in total. The van der Waals surface area contributed by atoms with Gasteiger partial charge in [0.1, 0.15) is 6.20 Å². The molecule has 0 amide bonds. The second-order valence-corrected chi connectivity index (χ2v) is 7.09. The highest BCUT2D eigenvalue weighted by atomic mass is 35.5. The van der Waals surface area contributed by atoms with Gasteiger partial charge in [0.05, 0.1) is 21.9 Å². The minimum absolute atomic E-state index is 0.0278. The van der Waals surface area contributed by atoms with E-state index in [0.717, 1.165) is 17.1 Å². The number of rotatable bonds is 5. The molecule has 0 saturated carbocycles. The quantitative estimate of drug-likeness (QED) is 0.423. The summed E-state index contributed by atoms with van der Waals surface area (Å²) in [5, 5.41) is 13.7. The number of benzene rings is 2. The van der Waals surface area contributed by atoms with Crippen LogP contribution in [0.4, 0.5) is 0 Å². The highest BCUT2D eigenvalue weighted by molar-refractivity contribution is 6.37. The molecule has 0 saturated heterocycles. The van der Waals surface area contributed by atoms with Gasteiger partial charge in [0.25, 0.3) is 5.56 Å². The maximum absolute atomic E-state index is 12.6. The second kappa shape index (κ2) is 8.61. The summed E-state index contributed by atoms with van der Waals surface area (Å²) in [5.74, 6) is -1.02. The van der Waals surface area contributed by atoms with Gasteiger partial charge in [0.15, 0.2) is 17.2 Å². The van der Waals surface area contributed by atoms with Crippen molar-refractivity contribution in [2.45, 2.75) is 0 Å². The summed E-state index contributed by atoms with van der Waals surface area (Å²) in [6, 6.07) is 10.6. The van der Waals surface area contributed by atoms with E-state index in [9.17, 15) is 19.5 Å². The number of ketones is 1. The molecule has 0 aliphatic carbocycles. The van der Waals surface area contributed by atoms with Gasteiger partial charge in [-0.25, -0.2) is 4.79 Å². The summed E-state index contributed by atoms with van der Waals surface area (Å²) in [6.45, 7) is 0. The van der Waals surface area contributed by atoms with Crippen LogP contribution < -0.4 is 16.0 Å². The number of hydrogen-bond acceptors (Lipinski definition) is 8. The lowest BCUT2D eigenvalue weighted by Gasteiger charge is -2.11. The zero-order valence-corrected chi connectivity index (χ0v) is 17.3. The molecule has 4 aromatic rings. The molecule has 4 rings (SSSR count). The summed E-state index contributed by atoms with van der Waals surface area (Å²) in [6.07, 6.45) is 1.93. The molecular formula is C20H11Cl2N5O5. The van der Waals surface area contributed by atoms with Crippen molar-refractivity contribution in [1.82, 2.24) is 24.7 Å². The van der Waals surface area contributed by atoms with Gasteiger partial charge in [-0.1, -0.05) is 53.5 Å². The number of hydrogen-bond donors (Lipinski definition) is 2. The third-order valence-electron chi connectivity index (χ3n) is 4.13. The van der Waals surface area contributed by atoms with Gasteiger partial charge < -0.3 is 9.84 Å². The highest BCUT2D eigenvalue weighted by Crippen LogP contribution is 2.37. The maximum atomic E-state index is 12.6. The molecule has 0 fully saturated rings. The van der Waals surface area contributed by atoms with E-state index in [1.807, 2.05) is 0 Å². The van der Waals surface area contributed by atoms with Crippen LogP contribution in [0.15, 0.2) is 64.4 Å². The van der Waals surface area contributed by atoms with Gasteiger partial charge in [-0.3, -0.25) is 14.6 Å². The number of aromatic hydroxyl groups is 1. The fourth-order valence-corrected chi connectivity index (χ4v) is 3.25. The Morgan fingerprint density at radius 2 is 1.75 bits per heavy atom. The fraction of sp³-hybridized carbons (Fsp3) is 0. The Labute approximate surface area is 188 Å². The lowest BCUT2D eigenvalue weighted by atomic mass is 10.1. The molecule has 0 unspecified atom stereocenters. The standard InChI is InChI=1S/C20H11Cl2N5O5/c21-12-6-11(27-20(31)25-15(29)9-24-27)7-13(22)18(12)32-19-23-8-14(28)16(26-19)17(30)10-4-2-1-3-5-10/h1-9,28H,(H,25,29,31). The molecule has 10 nitrogen and oxygen atoms in total. The maximum Gasteiger partial charge on any atom is 0.349 e. The molecular weight excluding hydrogens is 461 g/mol. The number of carbonyl (C=O) groups excluding carboxylic acids is 1. The molecule has 0 spiro atoms. The molecule has 32 heavy (non-hydrogen) atoms. The van der Waals surface area contributed by atoms with Crippen molar-refractivity contribution in [2.75, 3.05) is 0 Å². The van der Waals surface area contributed by atoms with Gasteiger partial charge in [-0.05, 0) is 12.1 Å². The van der Waals surface area contributed by atoms with Crippen molar-refractivity contribution in [2.24, 2.45) is 0 Å². The average molecular weight is 472 g/mol. The topological polar surface area (TPSA) is 140 Å². The molecule has 0 aliphatic rings. The number of aromatic amines is 1. The SMILES string of the molecule is O=C(c1ccccc1)c1nc(Oc2c(Cl)cc(-n3ncc(=O)[nH]c3=O)cc2Cl)ncc1O. The molecule has 0 atom stereocenters. The Hall–Kier alpha value is -4.02. The van der Waals surface area contributed by atoms with Crippen LogP contribution in [0.25, 0.3) is 5.69 Å². The highest BCUT2D eigenvalue weighted by Gasteiger charge is 2.19. The lowest BCUT2D eigenvalue weighted by Crippen LogP contribution is -2.30. The van der Waals surface area contributed by atoms with Crippen LogP contribution in [-0.2, 0) is 0 Å². The lowest BCUT2D eigenvalue weighted by molar-refractivity contribution is 0.103. The van der Waals surface area contributed by atoms with Gasteiger partial charge in [-0.2, -0.15) is 19.7 Å². The van der Waals surface area contributed by atoms with E-state index in [4.69, 9.17) is 27.9 Å².